The molecule has 106 valence electrons. The van der Waals surface area contributed by atoms with E-state index < -0.39 is 0 Å². The van der Waals surface area contributed by atoms with Crippen molar-refractivity contribution in [3.05, 3.63) is 29.8 Å². The Morgan fingerprint density at radius 1 is 1.26 bits per heavy atom. The van der Waals surface area contributed by atoms with Crippen LogP contribution in [0.5, 0.6) is 0 Å². The van der Waals surface area contributed by atoms with Crippen LogP contribution in [0.4, 0.5) is 5.69 Å². The van der Waals surface area contributed by atoms with E-state index in [0.717, 1.165) is 17.9 Å². The number of epoxide rings is 1. The minimum absolute atomic E-state index is 0.0562. The Bertz CT molecular complexity index is 377. The monoisotopic (exact) mass is 263 g/mol. The molecule has 0 aliphatic carbocycles. The largest absolute Gasteiger partial charge is 0.399 e. The zero-order valence-electron chi connectivity index (χ0n) is 12.0. The van der Waals surface area contributed by atoms with E-state index in [-0.39, 0.29) is 12.4 Å². The molecule has 1 saturated heterocycles. The summed E-state index contributed by atoms with van der Waals surface area (Å²) < 4.78 is 11.4. The lowest BCUT2D eigenvalue weighted by atomic mass is 10.0. The Kier molecular flexibility index (Phi) is 5.23. The fourth-order valence-corrected chi connectivity index (χ4v) is 2.28. The van der Waals surface area contributed by atoms with Crippen molar-refractivity contribution in [2.45, 2.75) is 51.9 Å². The van der Waals surface area contributed by atoms with Crippen LogP contribution in [0.25, 0.3) is 0 Å². The van der Waals surface area contributed by atoms with Crippen molar-refractivity contribution in [2.24, 2.45) is 5.92 Å². The van der Waals surface area contributed by atoms with Crippen molar-refractivity contribution in [3.8, 4) is 0 Å². The van der Waals surface area contributed by atoms with Crippen LogP contribution in [-0.4, -0.2) is 12.9 Å². The maximum atomic E-state index is 5.85. The summed E-state index contributed by atoms with van der Waals surface area (Å²) in [7, 11) is 0. The molecule has 1 fully saturated rings. The molecule has 2 rings (SSSR count). The fourth-order valence-electron chi connectivity index (χ4n) is 2.28. The lowest BCUT2D eigenvalue weighted by molar-refractivity contribution is 0.0247. The summed E-state index contributed by atoms with van der Waals surface area (Å²) in [6, 6.07) is 7.84. The van der Waals surface area contributed by atoms with E-state index in [1.807, 2.05) is 24.3 Å². The van der Waals surface area contributed by atoms with E-state index in [0.29, 0.717) is 5.92 Å². The number of ether oxygens (including phenoxy) is 2. The zero-order valence-corrected chi connectivity index (χ0v) is 12.0. The lowest BCUT2D eigenvalue weighted by Crippen LogP contribution is -2.10. The molecule has 3 atom stereocenters. The highest BCUT2D eigenvalue weighted by Gasteiger charge is 2.41. The molecule has 0 amide bonds. The van der Waals surface area contributed by atoms with Crippen LogP contribution in [0.2, 0.25) is 0 Å². The van der Waals surface area contributed by atoms with Crippen LogP contribution >= 0.6 is 0 Å². The van der Waals surface area contributed by atoms with Gasteiger partial charge in [0, 0.05) is 5.69 Å². The Hall–Kier alpha value is -1.06. The number of nitrogen functional groups attached to an aromatic ring is 1. The number of benzene rings is 1. The second kappa shape index (κ2) is 6.92. The third-order valence-electron chi connectivity index (χ3n) is 3.76. The summed E-state index contributed by atoms with van der Waals surface area (Å²) in [5.41, 5.74) is 7.61. The quantitative estimate of drug-likeness (QED) is 0.571. The highest BCUT2D eigenvalue weighted by Crippen LogP contribution is 2.40. The van der Waals surface area contributed by atoms with Gasteiger partial charge in [-0.25, -0.2) is 0 Å². The molecule has 3 nitrogen and oxygen atoms in total. The molecule has 3 heteroatoms. The van der Waals surface area contributed by atoms with E-state index in [1.54, 1.807) is 0 Å². The van der Waals surface area contributed by atoms with Crippen molar-refractivity contribution in [1.82, 2.24) is 0 Å². The maximum Gasteiger partial charge on any atom is 0.189 e. The van der Waals surface area contributed by atoms with Gasteiger partial charge >= 0.3 is 0 Å². The van der Waals surface area contributed by atoms with Crippen LogP contribution in [0, 0.1) is 5.92 Å². The van der Waals surface area contributed by atoms with Gasteiger partial charge in [-0.2, -0.15) is 0 Å². The van der Waals surface area contributed by atoms with E-state index in [1.165, 1.54) is 25.7 Å². The summed E-state index contributed by atoms with van der Waals surface area (Å²) in [6.45, 7) is 5.27. The SMILES string of the molecule is CCCCC(CC)COC1OC1c1ccc(N)cc1. The fraction of sp³-hybridized carbons (Fsp3) is 0.625. The minimum Gasteiger partial charge on any atom is -0.399 e. The third-order valence-corrected chi connectivity index (χ3v) is 3.76. The smallest absolute Gasteiger partial charge is 0.189 e. The van der Waals surface area contributed by atoms with Crippen LogP contribution in [0.1, 0.15) is 51.2 Å². The Morgan fingerprint density at radius 3 is 2.63 bits per heavy atom. The molecule has 1 heterocycles. The first-order valence-electron chi connectivity index (χ1n) is 7.37. The summed E-state index contributed by atoms with van der Waals surface area (Å²) in [4.78, 5) is 0. The summed E-state index contributed by atoms with van der Waals surface area (Å²) in [5, 5.41) is 0. The number of unbranched alkanes of at least 4 members (excludes halogenated alkanes) is 1. The van der Waals surface area contributed by atoms with E-state index in [4.69, 9.17) is 15.2 Å². The van der Waals surface area contributed by atoms with Gasteiger partial charge in [-0.1, -0.05) is 45.2 Å². The predicted octanol–water partition coefficient (Wildman–Crippen LogP) is 3.90. The zero-order chi connectivity index (χ0) is 13.7. The van der Waals surface area contributed by atoms with Gasteiger partial charge < -0.3 is 15.2 Å². The molecule has 2 N–H and O–H groups in total. The first-order valence-corrected chi connectivity index (χ1v) is 7.37. The second-order valence-corrected chi connectivity index (χ2v) is 5.34. The summed E-state index contributed by atoms with van der Waals surface area (Å²) in [6.07, 6.45) is 5.02. The average molecular weight is 263 g/mol. The van der Waals surface area contributed by atoms with E-state index in [9.17, 15) is 0 Å². The van der Waals surface area contributed by atoms with Crippen molar-refractivity contribution in [2.75, 3.05) is 12.3 Å². The van der Waals surface area contributed by atoms with Crippen molar-refractivity contribution >= 4 is 5.69 Å². The molecule has 1 aliphatic rings. The Balaban J connectivity index is 1.72. The Labute approximate surface area is 116 Å². The molecular formula is C16H25NO2. The summed E-state index contributed by atoms with van der Waals surface area (Å²) >= 11 is 0. The van der Waals surface area contributed by atoms with Gasteiger partial charge in [0.2, 0.25) is 0 Å². The van der Waals surface area contributed by atoms with Crippen LogP contribution in [0.15, 0.2) is 24.3 Å². The molecule has 3 unspecified atom stereocenters. The molecule has 1 aromatic carbocycles. The molecule has 0 bridgehead atoms. The topological polar surface area (TPSA) is 47.8 Å². The van der Waals surface area contributed by atoms with Crippen LogP contribution in [0.3, 0.4) is 0 Å². The molecule has 0 radical (unpaired) electrons. The van der Waals surface area contributed by atoms with Crippen molar-refractivity contribution in [1.29, 1.82) is 0 Å². The standard InChI is InChI=1S/C16H25NO2/c1-3-5-6-12(4-2)11-18-16-15(19-16)13-7-9-14(17)10-8-13/h7-10,12,15-16H,3-6,11,17H2,1-2H3. The first kappa shape index (κ1) is 14.4. The predicted molar refractivity (Wildman–Crippen MR) is 77.7 cm³/mol. The molecule has 0 spiro atoms. The van der Waals surface area contributed by atoms with Gasteiger partial charge in [0.15, 0.2) is 6.29 Å². The highest BCUT2D eigenvalue weighted by atomic mass is 16.8. The number of anilines is 1. The minimum atomic E-state index is -0.0562. The lowest BCUT2D eigenvalue weighted by Gasteiger charge is -2.13. The van der Waals surface area contributed by atoms with Gasteiger partial charge in [0.1, 0.15) is 6.10 Å². The first-order chi connectivity index (χ1) is 9.24. The van der Waals surface area contributed by atoms with Gasteiger partial charge in [-0.3, -0.25) is 0 Å². The Morgan fingerprint density at radius 2 is 2.00 bits per heavy atom. The average Bonchev–Trinajstić information content (AvgIpc) is 3.19. The molecule has 1 aliphatic heterocycles. The van der Waals surface area contributed by atoms with Crippen LogP contribution in [-0.2, 0) is 9.47 Å². The molecular weight excluding hydrogens is 238 g/mol. The van der Waals surface area contributed by atoms with Crippen molar-refractivity contribution < 1.29 is 9.47 Å². The van der Waals surface area contributed by atoms with Crippen molar-refractivity contribution in [3.63, 3.8) is 0 Å². The normalized spacial score (nSPS) is 23.3. The van der Waals surface area contributed by atoms with Gasteiger partial charge in [-0.05, 0) is 30.0 Å². The molecule has 19 heavy (non-hydrogen) atoms. The number of rotatable bonds is 8. The van der Waals surface area contributed by atoms with Gasteiger partial charge in [-0.15, -0.1) is 0 Å². The van der Waals surface area contributed by atoms with Gasteiger partial charge in [0.05, 0.1) is 6.61 Å². The van der Waals surface area contributed by atoms with Gasteiger partial charge in [0.25, 0.3) is 0 Å². The van der Waals surface area contributed by atoms with E-state index in [2.05, 4.69) is 13.8 Å². The molecule has 0 aromatic heterocycles. The number of hydrogen-bond donors (Lipinski definition) is 1. The summed E-state index contributed by atoms with van der Waals surface area (Å²) in [5.74, 6) is 0.663. The maximum absolute atomic E-state index is 5.85. The third kappa shape index (κ3) is 4.22. The van der Waals surface area contributed by atoms with Crippen LogP contribution < -0.4 is 5.73 Å². The number of nitrogens with two attached hydrogens (primary N) is 1. The molecule has 1 aromatic rings. The second-order valence-electron chi connectivity index (χ2n) is 5.34. The number of hydrogen-bond acceptors (Lipinski definition) is 3. The highest BCUT2D eigenvalue weighted by molar-refractivity contribution is 5.40. The van der Waals surface area contributed by atoms with E-state index >= 15 is 0 Å². The molecule has 0 saturated carbocycles.